The van der Waals surface area contributed by atoms with Crippen LogP contribution >= 0.6 is 11.8 Å². The SMILES string of the molecule is CCc1cnc(SCC(=O)O)n1CCN(C)C(C)CC. The highest BCUT2D eigenvalue weighted by molar-refractivity contribution is 7.99. The Hall–Kier alpha value is -1.01. The average molecular weight is 299 g/mol. The molecule has 0 bridgehead atoms. The third-order valence-electron chi connectivity index (χ3n) is 3.61. The Kier molecular flexibility index (Phi) is 7.09. The fourth-order valence-electron chi connectivity index (χ4n) is 1.94. The van der Waals surface area contributed by atoms with E-state index in [-0.39, 0.29) is 5.75 Å². The van der Waals surface area contributed by atoms with E-state index < -0.39 is 5.97 Å². The first kappa shape index (κ1) is 17.0. The number of nitrogens with zero attached hydrogens (tertiary/aromatic N) is 3. The lowest BCUT2D eigenvalue weighted by molar-refractivity contribution is -0.133. The summed E-state index contributed by atoms with van der Waals surface area (Å²) in [4.78, 5) is 17.4. The molecule has 0 radical (unpaired) electrons. The van der Waals surface area contributed by atoms with Crippen molar-refractivity contribution in [3.8, 4) is 0 Å². The van der Waals surface area contributed by atoms with Crippen LogP contribution in [-0.2, 0) is 17.8 Å². The highest BCUT2D eigenvalue weighted by atomic mass is 32.2. The molecule has 0 saturated heterocycles. The number of thioether (sulfide) groups is 1. The quantitative estimate of drug-likeness (QED) is 0.709. The maximum Gasteiger partial charge on any atom is 0.313 e. The molecule has 1 aromatic heterocycles. The minimum absolute atomic E-state index is 0.0569. The number of imidazole rings is 1. The van der Waals surface area contributed by atoms with Gasteiger partial charge in [-0.25, -0.2) is 4.98 Å². The molecule has 1 unspecified atom stereocenters. The van der Waals surface area contributed by atoms with Crippen LogP contribution in [0.3, 0.4) is 0 Å². The lowest BCUT2D eigenvalue weighted by Gasteiger charge is -2.24. The number of carboxylic acids is 1. The third kappa shape index (κ3) is 4.83. The normalized spacial score (nSPS) is 12.8. The van der Waals surface area contributed by atoms with Crippen molar-refractivity contribution < 1.29 is 9.90 Å². The number of aromatic nitrogens is 2. The van der Waals surface area contributed by atoms with Gasteiger partial charge in [0.25, 0.3) is 0 Å². The second-order valence-corrected chi connectivity index (χ2v) is 5.90. The minimum Gasteiger partial charge on any atom is -0.481 e. The number of aryl methyl sites for hydroxylation is 1. The lowest BCUT2D eigenvalue weighted by Crippen LogP contribution is -2.31. The zero-order chi connectivity index (χ0) is 15.1. The van der Waals surface area contributed by atoms with E-state index in [4.69, 9.17) is 5.11 Å². The molecule has 5 nitrogen and oxygen atoms in total. The van der Waals surface area contributed by atoms with Gasteiger partial charge in [0.15, 0.2) is 5.16 Å². The Morgan fingerprint density at radius 1 is 1.55 bits per heavy atom. The summed E-state index contributed by atoms with van der Waals surface area (Å²) >= 11 is 1.29. The van der Waals surface area contributed by atoms with Crippen molar-refractivity contribution in [2.45, 2.75) is 51.4 Å². The van der Waals surface area contributed by atoms with Crippen LogP contribution in [0, 0.1) is 0 Å². The van der Waals surface area contributed by atoms with Gasteiger partial charge in [-0.2, -0.15) is 0 Å². The predicted molar refractivity (Wildman–Crippen MR) is 82.3 cm³/mol. The van der Waals surface area contributed by atoms with E-state index in [9.17, 15) is 4.79 Å². The first-order valence-electron chi connectivity index (χ1n) is 7.08. The Morgan fingerprint density at radius 3 is 2.80 bits per heavy atom. The van der Waals surface area contributed by atoms with Crippen LogP contribution in [-0.4, -0.2) is 50.9 Å². The molecule has 114 valence electrons. The number of carboxylic acid groups (broad SMARTS) is 1. The topological polar surface area (TPSA) is 58.4 Å². The summed E-state index contributed by atoms with van der Waals surface area (Å²) in [6, 6.07) is 0.554. The Balaban J connectivity index is 2.70. The number of likely N-dealkylation sites (N-methyl/N-ethyl adjacent to an activating group) is 1. The molecule has 0 aromatic carbocycles. The van der Waals surface area contributed by atoms with E-state index >= 15 is 0 Å². The van der Waals surface area contributed by atoms with E-state index in [1.165, 1.54) is 11.8 Å². The van der Waals surface area contributed by atoms with Gasteiger partial charge in [0, 0.05) is 31.0 Å². The zero-order valence-corrected chi connectivity index (χ0v) is 13.6. The van der Waals surface area contributed by atoms with Gasteiger partial charge in [0.2, 0.25) is 0 Å². The van der Waals surface area contributed by atoms with Gasteiger partial charge in [-0.1, -0.05) is 25.6 Å². The zero-order valence-electron chi connectivity index (χ0n) is 12.8. The molecule has 0 spiro atoms. The summed E-state index contributed by atoms with van der Waals surface area (Å²) in [7, 11) is 2.13. The Labute approximate surface area is 125 Å². The number of hydrogen-bond acceptors (Lipinski definition) is 4. The molecular weight excluding hydrogens is 274 g/mol. The van der Waals surface area contributed by atoms with Crippen molar-refractivity contribution in [2.24, 2.45) is 0 Å². The van der Waals surface area contributed by atoms with Gasteiger partial charge in [-0.3, -0.25) is 4.79 Å². The summed E-state index contributed by atoms with van der Waals surface area (Å²) in [5, 5.41) is 9.59. The molecule has 1 aromatic rings. The smallest absolute Gasteiger partial charge is 0.313 e. The van der Waals surface area contributed by atoms with E-state index in [1.807, 2.05) is 6.20 Å². The van der Waals surface area contributed by atoms with Gasteiger partial charge in [0.05, 0.1) is 5.75 Å². The Bertz CT molecular complexity index is 434. The molecule has 1 atom stereocenters. The van der Waals surface area contributed by atoms with Gasteiger partial charge in [-0.05, 0) is 26.8 Å². The van der Waals surface area contributed by atoms with Crippen molar-refractivity contribution in [1.29, 1.82) is 0 Å². The van der Waals surface area contributed by atoms with Crippen LogP contribution in [0.4, 0.5) is 0 Å². The second kappa shape index (κ2) is 8.32. The maximum absolute atomic E-state index is 10.7. The van der Waals surface area contributed by atoms with Crippen molar-refractivity contribution in [3.63, 3.8) is 0 Å². The molecule has 0 saturated carbocycles. The van der Waals surface area contributed by atoms with E-state index in [0.717, 1.165) is 36.8 Å². The molecule has 1 heterocycles. The molecule has 0 amide bonds. The number of carbonyl (C=O) groups is 1. The van der Waals surface area contributed by atoms with Crippen LogP contribution in [0.25, 0.3) is 0 Å². The molecule has 1 rings (SSSR count). The summed E-state index contributed by atoms with van der Waals surface area (Å²) < 4.78 is 2.15. The molecule has 0 aliphatic heterocycles. The van der Waals surface area contributed by atoms with E-state index in [0.29, 0.717) is 6.04 Å². The first-order chi connectivity index (χ1) is 9.49. The van der Waals surface area contributed by atoms with E-state index in [1.54, 1.807) is 0 Å². The summed E-state index contributed by atoms with van der Waals surface area (Å²) in [5.74, 6) is -0.749. The summed E-state index contributed by atoms with van der Waals surface area (Å²) in [6.45, 7) is 8.29. The fraction of sp³-hybridized carbons (Fsp3) is 0.714. The van der Waals surface area contributed by atoms with Crippen molar-refractivity contribution >= 4 is 17.7 Å². The maximum atomic E-state index is 10.7. The van der Waals surface area contributed by atoms with Gasteiger partial charge in [-0.15, -0.1) is 0 Å². The van der Waals surface area contributed by atoms with Crippen molar-refractivity contribution in [1.82, 2.24) is 14.5 Å². The van der Waals surface area contributed by atoms with Crippen LogP contribution in [0.15, 0.2) is 11.4 Å². The molecule has 1 N–H and O–H groups in total. The van der Waals surface area contributed by atoms with Crippen molar-refractivity contribution in [2.75, 3.05) is 19.3 Å². The summed E-state index contributed by atoms with van der Waals surface area (Å²) in [5.41, 5.74) is 1.16. The number of aliphatic carboxylic acids is 1. The van der Waals surface area contributed by atoms with Crippen LogP contribution in [0.2, 0.25) is 0 Å². The average Bonchev–Trinajstić information content (AvgIpc) is 2.83. The van der Waals surface area contributed by atoms with Crippen LogP contribution < -0.4 is 0 Å². The monoisotopic (exact) mass is 299 g/mol. The fourth-order valence-corrected chi connectivity index (χ4v) is 2.69. The van der Waals surface area contributed by atoms with E-state index in [2.05, 4.69) is 42.3 Å². The highest BCUT2D eigenvalue weighted by Crippen LogP contribution is 2.19. The third-order valence-corrected chi connectivity index (χ3v) is 4.58. The van der Waals surface area contributed by atoms with Gasteiger partial charge in [0.1, 0.15) is 0 Å². The number of rotatable bonds is 9. The van der Waals surface area contributed by atoms with Crippen molar-refractivity contribution in [3.05, 3.63) is 11.9 Å². The lowest BCUT2D eigenvalue weighted by atomic mass is 10.2. The second-order valence-electron chi connectivity index (χ2n) is 4.96. The molecule has 0 aliphatic carbocycles. The molecule has 0 fully saturated rings. The Morgan fingerprint density at radius 2 is 2.25 bits per heavy atom. The van der Waals surface area contributed by atoms with Crippen LogP contribution in [0.5, 0.6) is 0 Å². The largest absolute Gasteiger partial charge is 0.481 e. The molecule has 0 aliphatic rings. The highest BCUT2D eigenvalue weighted by Gasteiger charge is 2.13. The first-order valence-corrected chi connectivity index (χ1v) is 8.07. The molecule has 6 heteroatoms. The standard InChI is InChI=1S/C14H25N3O2S/c1-5-11(3)16(4)7-8-17-12(6-2)9-15-14(17)20-10-13(18)19/h9,11H,5-8,10H2,1-4H3,(H,18,19). The summed E-state index contributed by atoms with van der Waals surface area (Å²) in [6.07, 6.45) is 3.89. The van der Waals surface area contributed by atoms with Crippen LogP contribution in [0.1, 0.15) is 32.9 Å². The minimum atomic E-state index is -0.806. The number of hydrogen-bond donors (Lipinski definition) is 1. The molecular formula is C14H25N3O2S. The van der Waals surface area contributed by atoms with Gasteiger partial charge >= 0.3 is 5.97 Å². The predicted octanol–water partition coefficient (Wildman–Crippen LogP) is 2.35. The molecule has 20 heavy (non-hydrogen) atoms. The van der Waals surface area contributed by atoms with Gasteiger partial charge < -0.3 is 14.6 Å².